The molecule has 0 atom stereocenters. The van der Waals surface area contributed by atoms with E-state index in [1.165, 1.54) is 0 Å². The fraction of sp³-hybridized carbons (Fsp3) is 0.231. The first-order valence-electron chi connectivity index (χ1n) is 6.08. The van der Waals surface area contributed by atoms with E-state index in [1.54, 1.807) is 7.11 Å². The van der Waals surface area contributed by atoms with E-state index in [2.05, 4.69) is 15.3 Å². The van der Waals surface area contributed by atoms with Crippen molar-refractivity contribution >= 4 is 23.1 Å². The number of aromatic nitrogens is 2. The third kappa shape index (κ3) is 3.87. The Morgan fingerprint density at radius 3 is 2.76 bits per heavy atom. The number of nitrogens with zero attached hydrogens (tertiary/aromatic N) is 3. The van der Waals surface area contributed by atoms with Gasteiger partial charge in [-0.3, -0.25) is 10.1 Å². The molecule has 8 heteroatoms. The summed E-state index contributed by atoms with van der Waals surface area (Å²) < 4.78 is 5.12. The molecule has 21 heavy (non-hydrogen) atoms. The van der Waals surface area contributed by atoms with E-state index in [-0.39, 0.29) is 16.8 Å². The summed E-state index contributed by atoms with van der Waals surface area (Å²) in [5, 5.41) is 13.8. The number of rotatable bonds is 6. The Balaban J connectivity index is 2.20. The van der Waals surface area contributed by atoms with Crippen molar-refractivity contribution < 1.29 is 9.66 Å². The van der Waals surface area contributed by atoms with Gasteiger partial charge in [-0.2, -0.15) is 4.98 Å². The van der Waals surface area contributed by atoms with Crippen LogP contribution in [0.25, 0.3) is 0 Å². The number of nitro groups is 1. The summed E-state index contributed by atoms with van der Waals surface area (Å²) in [6, 6.07) is 7.64. The van der Waals surface area contributed by atoms with Crippen LogP contribution in [0.5, 0.6) is 0 Å². The third-order valence-corrected chi connectivity index (χ3v) is 2.98. The van der Waals surface area contributed by atoms with E-state index in [0.717, 1.165) is 17.3 Å². The maximum absolute atomic E-state index is 10.9. The molecule has 0 aliphatic heterocycles. The van der Waals surface area contributed by atoms with Crippen LogP contribution in [0.2, 0.25) is 5.28 Å². The summed E-state index contributed by atoms with van der Waals surface area (Å²) >= 11 is 5.68. The zero-order chi connectivity index (χ0) is 15.2. The van der Waals surface area contributed by atoms with Gasteiger partial charge in [0, 0.05) is 13.7 Å². The van der Waals surface area contributed by atoms with Crippen LogP contribution < -0.4 is 5.32 Å². The summed E-state index contributed by atoms with van der Waals surface area (Å²) in [4.78, 5) is 17.9. The van der Waals surface area contributed by atoms with Gasteiger partial charge in [0.2, 0.25) is 11.1 Å². The first-order chi connectivity index (χ1) is 10.1. The Hall–Kier alpha value is -2.25. The average molecular weight is 309 g/mol. The molecule has 0 saturated heterocycles. The van der Waals surface area contributed by atoms with Crippen LogP contribution in [0.4, 0.5) is 11.5 Å². The molecule has 0 aliphatic rings. The Labute approximate surface area is 126 Å². The van der Waals surface area contributed by atoms with Crippen molar-refractivity contribution in [1.82, 2.24) is 9.97 Å². The molecule has 1 heterocycles. The van der Waals surface area contributed by atoms with Crippen LogP contribution in [-0.4, -0.2) is 22.0 Å². The minimum atomic E-state index is -0.556. The SMILES string of the molecule is COCc1ccccc1CNc1nc(Cl)ncc1[N+](=O)[O-]. The molecule has 2 aromatic rings. The zero-order valence-corrected chi connectivity index (χ0v) is 12.0. The molecule has 2 rings (SSSR count). The van der Waals surface area contributed by atoms with Gasteiger partial charge in [-0.05, 0) is 22.7 Å². The molecular formula is C13H13ClN4O3. The second-order valence-corrected chi connectivity index (χ2v) is 4.52. The van der Waals surface area contributed by atoms with E-state index in [4.69, 9.17) is 16.3 Å². The number of benzene rings is 1. The summed E-state index contributed by atoms with van der Waals surface area (Å²) in [6.07, 6.45) is 1.08. The molecule has 7 nitrogen and oxygen atoms in total. The molecule has 0 amide bonds. The number of hydrogen-bond acceptors (Lipinski definition) is 6. The minimum absolute atomic E-state index is 0.0479. The van der Waals surface area contributed by atoms with Gasteiger partial charge in [0.25, 0.3) is 0 Å². The molecule has 0 aliphatic carbocycles. The number of hydrogen-bond donors (Lipinski definition) is 1. The molecule has 1 aromatic carbocycles. The number of ether oxygens (including phenoxy) is 1. The van der Waals surface area contributed by atoms with Crippen LogP contribution in [0.3, 0.4) is 0 Å². The molecular weight excluding hydrogens is 296 g/mol. The van der Waals surface area contributed by atoms with Gasteiger partial charge in [-0.15, -0.1) is 0 Å². The van der Waals surface area contributed by atoms with E-state index in [1.807, 2.05) is 24.3 Å². The Morgan fingerprint density at radius 2 is 2.10 bits per heavy atom. The van der Waals surface area contributed by atoms with Crippen molar-refractivity contribution in [2.75, 3.05) is 12.4 Å². The highest BCUT2D eigenvalue weighted by atomic mass is 35.5. The van der Waals surface area contributed by atoms with Gasteiger partial charge in [0.15, 0.2) is 0 Å². The van der Waals surface area contributed by atoms with Crippen molar-refractivity contribution in [3.63, 3.8) is 0 Å². The van der Waals surface area contributed by atoms with Crippen molar-refractivity contribution in [2.24, 2.45) is 0 Å². The van der Waals surface area contributed by atoms with Gasteiger partial charge >= 0.3 is 5.69 Å². The molecule has 110 valence electrons. The lowest BCUT2D eigenvalue weighted by atomic mass is 10.1. The highest BCUT2D eigenvalue weighted by Gasteiger charge is 2.16. The second-order valence-electron chi connectivity index (χ2n) is 4.19. The van der Waals surface area contributed by atoms with Crippen LogP contribution >= 0.6 is 11.6 Å². The minimum Gasteiger partial charge on any atom is -0.380 e. The van der Waals surface area contributed by atoms with Crippen molar-refractivity contribution in [1.29, 1.82) is 0 Å². The number of nitrogens with one attached hydrogen (secondary N) is 1. The molecule has 1 aromatic heterocycles. The molecule has 1 N–H and O–H groups in total. The highest BCUT2D eigenvalue weighted by Crippen LogP contribution is 2.23. The first kappa shape index (κ1) is 15.1. The lowest BCUT2D eigenvalue weighted by Gasteiger charge is -2.10. The van der Waals surface area contributed by atoms with E-state index in [0.29, 0.717) is 13.2 Å². The normalized spacial score (nSPS) is 10.4. The van der Waals surface area contributed by atoms with Gasteiger partial charge in [-0.1, -0.05) is 24.3 Å². The molecule has 0 spiro atoms. The van der Waals surface area contributed by atoms with Crippen LogP contribution in [0, 0.1) is 10.1 Å². The molecule has 0 fully saturated rings. The third-order valence-electron chi connectivity index (χ3n) is 2.80. The van der Waals surface area contributed by atoms with Gasteiger partial charge in [0.1, 0.15) is 6.20 Å². The van der Waals surface area contributed by atoms with E-state index < -0.39 is 4.92 Å². The lowest BCUT2D eigenvalue weighted by Crippen LogP contribution is -2.07. The quantitative estimate of drug-likeness (QED) is 0.501. The summed E-state index contributed by atoms with van der Waals surface area (Å²) in [5.41, 5.74) is 1.74. The fourth-order valence-electron chi connectivity index (χ4n) is 1.82. The second kappa shape index (κ2) is 6.96. The summed E-state index contributed by atoms with van der Waals surface area (Å²) in [7, 11) is 1.61. The average Bonchev–Trinajstić information content (AvgIpc) is 2.46. The van der Waals surface area contributed by atoms with Crippen molar-refractivity contribution in [3.05, 3.63) is 57.0 Å². The summed E-state index contributed by atoms with van der Waals surface area (Å²) in [5.74, 6) is 0.0900. The highest BCUT2D eigenvalue weighted by molar-refractivity contribution is 6.28. The van der Waals surface area contributed by atoms with Crippen LogP contribution in [0.1, 0.15) is 11.1 Å². The summed E-state index contributed by atoms with van der Waals surface area (Å²) in [6.45, 7) is 0.832. The van der Waals surface area contributed by atoms with Gasteiger partial charge in [0.05, 0.1) is 11.5 Å². The van der Waals surface area contributed by atoms with Crippen LogP contribution in [0.15, 0.2) is 30.5 Å². The Kier molecular flexibility index (Phi) is 5.02. The Bertz CT molecular complexity index is 651. The Morgan fingerprint density at radius 1 is 1.38 bits per heavy atom. The topological polar surface area (TPSA) is 90.2 Å². The van der Waals surface area contributed by atoms with Gasteiger partial charge < -0.3 is 10.1 Å². The van der Waals surface area contributed by atoms with Gasteiger partial charge in [-0.25, -0.2) is 4.98 Å². The predicted octanol–water partition coefficient (Wildman–Crippen LogP) is 2.80. The molecule has 0 bridgehead atoms. The molecule has 0 saturated carbocycles. The molecule has 0 unspecified atom stereocenters. The van der Waals surface area contributed by atoms with E-state index in [9.17, 15) is 10.1 Å². The van der Waals surface area contributed by atoms with E-state index >= 15 is 0 Å². The monoisotopic (exact) mass is 308 g/mol. The number of methoxy groups -OCH3 is 1. The number of halogens is 1. The maximum Gasteiger partial charge on any atom is 0.329 e. The zero-order valence-electron chi connectivity index (χ0n) is 11.2. The van der Waals surface area contributed by atoms with Crippen molar-refractivity contribution in [3.8, 4) is 0 Å². The molecule has 0 radical (unpaired) electrons. The standard InChI is InChI=1S/C13H13ClN4O3/c1-21-8-10-5-3-2-4-9(10)6-15-12-11(18(19)20)7-16-13(14)17-12/h2-5,7H,6,8H2,1H3,(H,15,16,17). The maximum atomic E-state index is 10.9. The predicted molar refractivity (Wildman–Crippen MR) is 78.2 cm³/mol. The first-order valence-corrected chi connectivity index (χ1v) is 6.46. The number of anilines is 1. The van der Waals surface area contributed by atoms with Crippen LogP contribution in [-0.2, 0) is 17.9 Å². The largest absolute Gasteiger partial charge is 0.380 e. The fourth-order valence-corrected chi connectivity index (χ4v) is 1.96. The lowest BCUT2D eigenvalue weighted by molar-refractivity contribution is -0.384. The smallest absolute Gasteiger partial charge is 0.329 e. The van der Waals surface area contributed by atoms with Crippen molar-refractivity contribution in [2.45, 2.75) is 13.2 Å².